The van der Waals surface area contributed by atoms with Crippen LogP contribution in [0, 0.1) is 13.8 Å². The molecule has 0 unspecified atom stereocenters. The van der Waals surface area contributed by atoms with Crippen molar-refractivity contribution in [2.75, 3.05) is 11.9 Å². The summed E-state index contributed by atoms with van der Waals surface area (Å²) in [5, 5.41) is 18.1. The van der Waals surface area contributed by atoms with Crippen molar-refractivity contribution in [1.82, 2.24) is 14.8 Å². The van der Waals surface area contributed by atoms with Gasteiger partial charge in [-0.2, -0.15) is 13.8 Å². The summed E-state index contributed by atoms with van der Waals surface area (Å²) in [6, 6.07) is 3.65. The van der Waals surface area contributed by atoms with Crippen LogP contribution in [0.15, 0.2) is 18.3 Å². The molecule has 0 fully saturated rings. The van der Waals surface area contributed by atoms with Crippen LogP contribution in [0.25, 0.3) is 16.0 Å². The molecule has 9 heteroatoms. The molecule has 0 aliphatic heterocycles. The van der Waals surface area contributed by atoms with Crippen LogP contribution in [-0.4, -0.2) is 39.1 Å². The van der Waals surface area contributed by atoms with Crippen molar-refractivity contribution in [1.29, 1.82) is 0 Å². The lowest BCUT2D eigenvalue weighted by Gasteiger charge is -2.12. The lowest BCUT2D eigenvalue weighted by molar-refractivity contribution is -0.153. The van der Waals surface area contributed by atoms with E-state index in [1.807, 2.05) is 19.9 Å². The summed E-state index contributed by atoms with van der Waals surface area (Å²) < 4.78 is 31.1. The number of hydrogen-bond acceptors (Lipinski definition) is 6. The number of thiazole rings is 1. The SMILES string of the molecule is Cc1cc(C)c(-n2cc3sc(NC[C@@H](C)OC(F)F)nc3n2)c(O)c1. The summed E-state index contributed by atoms with van der Waals surface area (Å²) in [7, 11) is 0. The van der Waals surface area contributed by atoms with E-state index in [-0.39, 0.29) is 12.3 Å². The Bertz CT molecular complexity index is 839. The topological polar surface area (TPSA) is 72.2 Å². The van der Waals surface area contributed by atoms with Gasteiger partial charge in [0, 0.05) is 6.54 Å². The Morgan fingerprint density at radius 2 is 2.12 bits per heavy atom. The van der Waals surface area contributed by atoms with Crippen molar-refractivity contribution in [3.05, 3.63) is 29.5 Å². The number of fused-ring (bicyclic) bond motifs is 1. The molecule has 0 aliphatic carbocycles. The van der Waals surface area contributed by atoms with Crippen LogP contribution in [0.1, 0.15) is 18.1 Å². The van der Waals surface area contributed by atoms with Crippen molar-refractivity contribution < 1.29 is 18.6 Å². The molecule has 1 aromatic carbocycles. The number of phenols is 1. The zero-order chi connectivity index (χ0) is 18.1. The van der Waals surface area contributed by atoms with Gasteiger partial charge in [-0.05, 0) is 38.0 Å². The minimum absolute atomic E-state index is 0.156. The van der Waals surface area contributed by atoms with Crippen molar-refractivity contribution in [3.8, 4) is 11.4 Å². The molecular formula is C16H18F2N4O2S. The molecule has 2 aromatic heterocycles. The number of aromatic hydroxyl groups is 1. The molecule has 0 bridgehead atoms. The van der Waals surface area contributed by atoms with Gasteiger partial charge in [-0.15, -0.1) is 5.10 Å². The Kier molecular flexibility index (Phi) is 4.87. The van der Waals surface area contributed by atoms with Gasteiger partial charge in [-0.3, -0.25) is 0 Å². The molecule has 134 valence electrons. The van der Waals surface area contributed by atoms with E-state index in [2.05, 4.69) is 20.1 Å². The van der Waals surface area contributed by atoms with Gasteiger partial charge >= 0.3 is 6.61 Å². The Balaban J connectivity index is 1.78. The van der Waals surface area contributed by atoms with Gasteiger partial charge in [0.25, 0.3) is 0 Å². The monoisotopic (exact) mass is 368 g/mol. The van der Waals surface area contributed by atoms with E-state index in [4.69, 9.17) is 0 Å². The number of benzene rings is 1. The lowest BCUT2D eigenvalue weighted by atomic mass is 10.1. The second-order valence-corrected chi connectivity index (χ2v) is 6.85. The fraction of sp³-hybridized carbons (Fsp3) is 0.375. The van der Waals surface area contributed by atoms with Crippen molar-refractivity contribution >= 4 is 26.8 Å². The predicted octanol–water partition coefficient (Wildman–Crippen LogP) is 3.84. The van der Waals surface area contributed by atoms with Gasteiger partial charge in [-0.25, -0.2) is 4.68 Å². The number of alkyl halides is 2. The molecule has 0 amide bonds. The van der Waals surface area contributed by atoms with E-state index in [0.29, 0.717) is 16.5 Å². The van der Waals surface area contributed by atoms with Gasteiger partial charge in [-0.1, -0.05) is 17.4 Å². The first-order valence-electron chi connectivity index (χ1n) is 7.67. The second kappa shape index (κ2) is 6.93. The first-order chi connectivity index (χ1) is 11.8. The number of anilines is 1. The summed E-state index contributed by atoms with van der Waals surface area (Å²) in [5.74, 6) is 0.156. The van der Waals surface area contributed by atoms with Gasteiger partial charge in [0.05, 0.1) is 17.0 Å². The number of rotatable bonds is 6. The van der Waals surface area contributed by atoms with Gasteiger partial charge in [0.2, 0.25) is 0 Å². The molecular weight excluding hydrogens is 350 g/mol. The highest BCUT2D eigenvalue weighted by atomic mass is 32.1. The standard InChI is InChI=1S/C16H18F2N4O2S/c1-8-4-9(2)13(11(23)5-8)22-7-12-14(21-22)20-16(25-12)19-6-10(3)24-15(17)18/h4-5,7,10,15,23H,6H2,1-3H3,(H,19,20,21)/t10-/m1/s1. The third-order valence-electron chi connectivity index (χ3n) is 3.61. The number of ether oxygens (including phenoxy) is 1. The van der Waals surface area contributed by atoms with Gasteiger partial charge in [0.15, 0.2) is 10.8 Å². The molecule has 25 heavy (non-hydrogen) atoms. The first kappa shape index (κ1) is 17.6. The molecule has 2 heterocycles. The number of phenolic OH excluding ortho intramolecular Hbond substituents is 1. The van der Waals surface area contributed by atoms with Crippen LogP contribution < -0.4 is 5.32 Å². The number of halogens is 2. The Morgan fingerprint density at radius 3 is 2.76 bits per heavy atom. The molecule has 3 aromatic rings. The minimum Gasteiger partial charge on any atom is -0.506 e. The van der Waals surface area contributed by atoms with Crippen LogP contribution >= 0.6 is 11.3 Å². The third-order valence-corrected chi connectivity index (χ3v) is 4.54. The summed E-state index contributed by atoms with van der Waals surface area (Å²) in [6.45, 7) is 2.80. The predicted molar refractivity (Wildman–Crippen MR) is 92.9 cm³/mol. The largest absolute Gasteiger partial charge is 0.506 e. The molecule has 0 spiro atoms. The van der Waals surface area contributed by atoms with Crippen LogP contribution in [0.2, 0.25) is 0 Å². The maximum atomic E-state index is 12.1. The third kappa shape index (κ3) is 3.88. The highest BCUT2D eigenvalue weighted by Gasteiger charge is 2.15. The minimum atomic E-state index is -2.79. The van der Waals surface area contributed by atoms with Crippen LogP contribution in [0.5, 0.6) is 5.75 Å². The van der Waals surface area contributed by atoms with Crippen molar-refractivity contribution in [3.63, 3.8) is 0 Å². The Labute approximate surface area is 147 Å². The van der Waals surface area contributed by atoms with Crippen LogP contribution in [0.3, 0.4) is 0 Å². The summed E-state index contributed by atoms with van der Waals surface area (Å²) in [6.07, 6.45) is 1.15. The number of nitrogens with zero attached hydrogens (tertiary/aromatic N) is 3. The number of aryl methyl sites for hydroxylation is 2. The van der Waals surface area contributed by atoms with E-state index in [9.17, 15) is 13.9 Å². The average molecular weight is 368 g/mol. The van der Waals surface area contributed by atoms with E-state index in [0.717, 1.165) is 15.8 Å². The van der Waals surface area contributed by atoms with Crippen molar-refractivity contribution in [2.45, 2.75) is 33.5 Å². The molecule has 2 N–H and O–H groups in total. The second-order valence-electron chi connectivity index (χ2n) is 5.82. The summed E-state index contributed by atoms with van der Waals surface area (Å²) in [5.41, 5.74) is 3.01. The van der Waals surface area contributed by atoms with E-state index < -0.39 is 12.7 Å². The molecule has 0 radical (unpaired) electrons. The zero-order valence-corrected chi connectivity index (χ0v) is 14.8. The zero-order valence-electron chi connectivity index (χ0n) is 14.0. The van der Waals surface area contributed by atoms with E-state index in [1.165, 1.54) is 11.3 Å². The van der Waals surface area contributed by atoms with Gasteiger partial charge < -0.3 is 15.2 Å². The number of aromatic nitrogens is 3. The molecule has 3 rings (SSSR count). The highest BCUT2D eigenvalue weighted by molar-refractivity contribution is 7.22. The van der Waals surface area contributed by atoms with Gasteiger partial charge in [0.1, 0.15) is 11.4 Å². The first-order valence-corrected chi connectivity index (χ1v) is 8.49. The fourth-order valence-electron chi connectivity index (χ4n) is 2.60. The Hall–Kier alpha value is -2.26. The van der Waals surface area contributed by atoms with E-state index >= 15 is 0 Å². The number of nitrogens with one attached hydrogen (secondary N) is 1. The number of hydrogen-bond donors (Lipinski definition) is 2. The molecule has 0 saturated carbocycles. The summed E-state index contributed by atoms with van der Waals surface area (Å²) in [4.78, 5) is 4.34. The smallest absolute Gasteiger partial charge is 0.345 e. The molecule has 1 atom stereocenters. The Morgan fingerprint density at radius 1 is 1.36 bits per heavy atom. The maximum Gasteiger partial charge on any atom is 0.345 e. The molecule has 0 aliphatic rings. The van der Waals surface area contributed by atoms with E-state index in [1.54, 1.807) is 23.9 Å². The molecule has 0 saturated heterocycles. The normalized spacial score (nSPS) is 12.9. The fourth-order valence-corrected chi connectivity index (χ4v) is 3.43. The lowest BCUT2D eigenvalue weighted by Crippen LogP contribution is -2.22. The van der Waals surface area contributed by atoms with Crippen LogP contribution in [-0.2, 0) is 4.74 Å². The molecule has 6 nitrogen and oxygen atoms in total. The highest BCUT2D eigenvalue weighted by Crippen LogP contribution is 2.31. The van der Waals surface area contributed by atoms with Crippen LogP contribution in [0.4, 0.5) is 13.9 Å². The van der Waals surface area contributed by atoms with Crippen molar-refractivity contribution in [2.24, 2.45) is 0 Å². The quantitative estimate of drug-likeness (QED) is 0.692. The average Bonchev–Trinajstić information content (AvgIpc) is 3.01. The summed E-state index contributed by atoms with van der Waals surface area (Å²) >= 11 is 1.36. The maximum absolute atomic E-state index is 12.1.